The molecule has 0 aromatic carbocycles. The first-order chi connectivity index (χ1) is 4.16. The van der Waals surface area contributed by atoms with Crippen molar-refractivity contribution >= 4 is 5.91 Å². The average Bonchev–Trinajstić information content (AvgIpc) is 1.83. The van der Waals surface area contributed by atoms with Crippen molar-refractivity contribution in [2.45, 2.75) is 25.9 Å². The van der Waals surface area contributed by atoms with Crippen LogP contribution in [0.1, 0.15) is 19.8 Å². The highest BCUT2D eigenvalue weighted by atomic mass is 16.5. The Morgan fingerprint density at radius 3 is 2.67 bits per heavy atom. The predicted octanol–water partition coefficient (Wildman–Crippen LogP) is -0.347. The van der Waals surface area contributed by atoms with Crippen molar-refractivity contribution in [1.29, 1.82) is 0 Å². The topological polar surface area (TPSA) is 69.6 Å². The minimum absolute atomic E-state index is 0.161. The molecule has 0 bridgehead atoms. The van der Waals surface area contributed by atoms with E-state index >= 15 is 0 Å². The van der Waals surface area contributed by atoms with Gasteiger partial charge >= 0.3 is 0 Å². The highest BCUT2D eigenvalue weighted by Crippen LogP contribution is 1.93. The molecule has 0 aliphatic carbocycles. The molecule has 0 aromatic rings. The highest BCUT2D eigenvalue weighted by molar-refractivity contribution is 5.74. The molecule has 0 aromatic heterocycles. The van der Waals surface area contributed by atoms with Gasteiger partial charge in [-0.1, -0.05) is 0 Å². The van der Waals surface area contributed by atoms with Gasteiger partial charge in [0.1, 0.15) is 0 Å². The number of nitrogens with one attached hydrogen (secondary N) is 1. The Bertz CT molecular complexity index is 92.2. The van der Waals surface area contributed by atoms with Crippen LogP contribution in [0.2, 0.25) is 0 Å². The van der Waals surface area contributed by atoms with Crippen molar-refractivity contribution in [3.8, 4) is 0 Å². The Morgan fingerprint density at radius 1 is 1.78 bits per heavy atom. The third-order valence-electron chi connectivity index (χ3n) is 0.914. The van der Waals surface area contributed by atoms with Gasteiger partial charge in [-0.2, -0.15) is 0 Å². The highest BCUT2D eigenvalue weighted by Gasteiger charge is 2.00. The van der Waals surface area contributed by atoms with Crippen molar-refractivity contribution in [3.05, 3.63) is 0 Å². The van der Waals surface area contributed by atoms with Gasteiger partial charge in [-0.3, -0.25) is 10.0 Å². The van der Waals surface area contributed by atoms with E-state index < -0.39 is 12.0 Å². The number of carbonyl (C=O) groups excluding carboxylic acids is 1. The fourth-order valence-corrected chi connectivity index (χ4v) is 0.396. The van der Waals surface area contributed by atoms with Crippen LogP contribution >= 0.6 is 0 Å². The van der Waals surface area contributed by atoms with E-state index in [1.165, 1.54) is 5.48 Å². The molecule has 0 saturated heterocycles. The van der Waals surface area contributed by atoms with Gasteiger partial charge in [0.15, 0.2) is 0 Å². The number of hydrogen-bond donors (Lipinski definition) is 3. The summed E-state index contributed by atoms with van der Waals surface area (Å²) in [6.07, 6.45) is 0.0582. The normalized spacial score (nSPS) is 12.8. The van der Waals surface area contributed by atoms with Crippen molar-refractivity contribution in [3.63, 3.8) is 0 Å². The molecule has 0 radical (unpaired) electrons. The molecule has 0 heterocycles. The lowest BCUT2D eigenvalue weighted by Crippen LogP contribution is -2.19. The fourth-order valence-electron chi connectivity index (χ4n) is 0.396. The molecule has 0 aliphatic heterocycles. The van der Waals surface area contributed by atoms with Crippen LogP contribution in [-0.4, -0.2) is 22.3 Å². The second-order valence-electron chi connectivity index (χ2n) is 1.92. The van der Waals surface area contributed by atoms with Crippen molar-refractivity contribution < 1.29 is 15.1 Å². The van der Waals surface area contributed by atoms with Gasteiger partial charge in [0.25, 0.3) is 0 Å². The maximum atomic E-state index is 10.2. The van der Waals surface area contributed by atoms with E-state index in [4.69, 9.17) is 10.3 Å². The van der Waals surface area contributed by atoms with Crippen molar-refractivity contribution in [2.24, 2.45) is 0 Å². The molecule has 9 heavy (non-hydrogen) atoms. The minimum Gasteiger partial charge on any atom is -0.393 e. The molecular formula is C5H11NO3. The largest absolute Gasteiger partial charge is 0.393 e. The molecule has 1 atom stereocenters. The zero-order valence-corrected chi connectivity index (χ0v) is 5.29. The van der Waals surface area contributed by atoms with Crippen LogP contribution < -0.4 is 5.48 Å². The smallest absolute Gasteiger partial charge is 0.243 e. The minimum atomic E-state index is -0.484. The Kier molecular flexibility index (Phi) is 4.00. The second kappa shape index (κ2) is 4.29. The van der Waals surface area contributed by atoms with E-state index in [-0.39, 0.29) is 6.42 Å². The van der Waals surface area contributed by atoms with Crippen LogP contribution in [0.15, 0.2) is 0 Å². The maximum absolute atomic E-state index is 10.2. The lowest BCUT2D eigenvalue weighted by atomic mass is 10.2. The molecule has 4 heteroatoms. The molecule has 1 unspecified atom stereocenters. The summed E-state index contributed by atoms with van der Waals surface area (Å²) in [5.41, 5.74) is 1.47. The Morgan fingerprint density at radius 2 is 2.33 bits per heavy atom. The van der Waals surface area contributed by atoms with E-state index in [1.54, 1.807) is 6.92 Å². The van der Waals surface area contributed by atoms with Crippen LogP contribution in [0.25, 0.3) is 0 Å². The summed E-state index contributed by atoms with van der Waals surface area (Å²) in [6.45, 7) is 1.59. The molecule has 3 N–H and O–H groups in total. The molecule has 0 aliphatic rings. The zero-order valence-electron chi connectivity index (χ0n) is 5.29. The molecule has 0 saturated carbocycles. The Balaban J connectivity index is 3.17. The Labute approximate surface area is 53.5 Å². The second-order valence-corrected chi connectivity index (χ2v) is 1.92. The molecule has 1 amide bonds. The number of carbonyl (C=O) groups is 1. The van der Waals surface area contributed by atoms with Gasteiger partial charge in [-0.05, 0) is 13.3 Å². The lowest BCUT2D eigenvalue weighted by molar-refractivity contribution is -0.129. The lowest BCUT2D eigenvalue weighted by Gasteiger charge is -2.00. The zero-order chi connectivity index (χ0) is 7.28. The molecule has 0 spiro atoms. The van der Waals surface area contributed by atoms with Gasteiger partial charge < -0.3 is 5.11 Å². The molecule has 0 rings (SSSR count). The first kappa shape index (κ1) is 8.39. The molecular weight excluding hydrogens is 122 g/mol. The summed E-state index contributed by atoms with van der Waals surface area (Å²) >= 11 is 0. The van der Waals surface area contributed by atoms with Gasteiger partial charge in [0.2, 0.25) is 5.91 Å². The molecule has 4 nitrogen and oxygen atoms in total. The summed E-state index contributed by atoms with van der Waals surface area (Å²) < 4.78 is 0. The average molecular weight is 133 g/mol. The number of amides is 1. The number of rotatable bonds is 3. The summed E-state index contributed by atoms with van der Waals surface area (Å²) in [6, 6.07) is 0. The van der Waals surface area contributed by atoms with E-state index in [0.29, 0.717) is 6.42 Å². The maximum Gasteiger partial charge on any atom is 0.243 e. The number of aliphatic hydroxyl groups is 1. The summed E-state index contributed by atoms with van der Waals surface area (Å²) in [7, 11) is 0. The number of hydrogen-bond acceptors (Lipinski definition) is 3. The van der Waals surface area contributed by atoms with E-state index in [9.17, 15) is 4.79 Å². The van der Waals surface area contributed by atoms with Crippen molar-refractivity contribution in [2.75, 3.05) is 0 Å². The molecule has 0 fully saturated rings. The van der Waals surface area contributed by atoms with E-state index in [0.717, 1.165) is 0 Å². The Hall–Kier alpha value is -0.610. The first-order valence-electron chi connectivity index (χ1n) is 2.78. The van der Waals surface area contributed by atoms with Crippen LogP contribution in [-0.2, 0) is 4.79 Å². The van der Waals surface area contributed by atoms with Gasteiger partial charge in [-0.25, -0.2) is 5.48 Å². The van der Waals surface area contributed by atoms with Gasteiger partial charge in [0, 0.05) is 6.42 Å². The van der Waals surface area contributed by atoms with Crippen LogP contribution in [0.5, 0.6) is 0 Å². The summed E-state index contributed by atoms with van der Waals surface area (Å²) in [5.74, 6) is -0.462. The fraction of sp³-hybridized carbons (Fsp3) is 0.800. The predicted molar refractivity (Wildman–Crippen MR) is 30.8 cm³/mol. The SMILES string of the molecule is CC(O)CCC(=O)NO. The monoisotopic (exact) mass is 133 g/mol. The van der Waals surface area contributed by atoms with Crippen LogP contribution in [0.3, 0.4) is 0 Å². The molecule has 54 valence electrons. The summed E-state index contributed by atoms with van der Waals surface area (Å²) in [5, 5.41) is 16.6. The third-order valence-corrected chi connectivity index (χ3v) is 0.914. The standard InChI is InChI=1S/C5H11NO3/c1-4(7)2-3-5(8)6-9/h4,7,9H,2-3H2,1H3,(H,6,8). The third kappa shape index (κ3) is 5.26. The van der Waals surface area contributed by atoms with Gasteiger partial charge in [-0.15, -0.1) is 0 Å². The van der Waals surface area contributed by atoms with Gasteiger partial charge in [0.05, 0.1) is 6.10 Å². The van der Waals surface area contributed by atoms with Crippen LogP contribution in [0.4, 0.5) is 0 Å². The quantitative estimate of drug-likeness (QED) is 0.364. The van der Waals surface area contributed by atoms with Crippen molar-refractivity contribution in [1.82, 2.24) is 5.48 Å². The van der Waals surface area contributed by atoms with Crippen LogP contribution in [0, 0.1) is 0 Å². The number of hydroxylamine groups is 1. The first-order valence-corrected chi connectivity index (χ1v) is 2.78. The van der Waals surface area contributed by atoms with E-state index in [2.05, 4.69) is 0 Å². The number of aliphatic hydroxyl groups excluding tert-OH is 1. The summed E-state index contributed by atoms with van der Waals surface area (Å²) in [4.78, 5) is 10.2. The van der Waals surface area contributed by atoms with E-state index in [1.807, 2.05) is 0 Å².